The normalized spacial score (nSPS) is 28.8. The van der Waals surface area contributed by atoms with Crippen LogP contribution in [0.5, 0.6) is 0 Å². The Morgan fingerprint density at radius 2 is 2.17 bits per heavy atom. The van der Waals surface area contributed by atoms with Gasteiger partial charge in [-0.1, -0.05) is 19.4 Å². The molecule has 0 bridgehead atoms. The molecule has 1 aliphatic carbocycles. The fourth-order valence-electron chi connectivity index (χ4n) is 2.07. The molecule has 0 fully saturated rings. The van der Waals surface area contributed by atoms with E-state index in [9.17, 15) is 9.90 Å². The van der Waals surface area contributed by atoms with Gasteiger partial charge in [-0.25, -0.2) is 0 Å². The van der Waals surface area contributed by atoms with Gasteiger partial charge < -0.3 is 5.11 Å². The molecule has 1 aliphatic rings. The third-order valence-electron chi connectivity index (χ3n) is 2.59. The largest absolute Gasteiger partial charge is 0.393 e. The number of aliphatic hydroxyl groups is 1. The fraction of sp³-hybridized carbons (Fsp3) is 0.700. The minimum atomic E-state index is -0.274. The van der Waals surface area contributed by atoms with Gasteiger partial charge in [-0.2, -0.15) is 0 Å². The summed E-state index contributed by atoms with van der Waals surface area (Å²) in [5.41, 5.74) is 1.75. The average Bonchev–Trinajstić information content (AvgIpc) is 1.82. The number of hydrogen-bond acceptors (Lipinski definition) is 2. The Balaban J connectivity index is 3.03. The summed E-state index contributed by atoms with van der Waals surface area (Å²) in [5, 5.41) is 9.48. The maximum Gasteiger partial charge on any atom is 0.146 e. The van der Waals surface area contributed by atoms with Crippen molar-refractivity contribution in [2.45, 2.75) is 39.7 Å². The van der Waals surface area contributed by atoms with Gasteiger partial charge in [0, 0.05) is 0 Å². The molecule has 68 valence electrons. The molecule has 1 atom stereocenters. The molecule has 2 nitrogen and oxygen atoms in total. The number of hydrogen-bond donors (Lipinski definition) is 1. The maximum absolute atomic E-state index is 10.8. The lowest BCUT2D eigenvalue weighted by atomic mass is 9.72. The molecule has 0 aliphatic heterocycles. The molecule has 0 spiro atoms. The van der Waals surface area contributed by atoms with Crippen LogP contribution in [-0.2, 0) is 4.79 Å². The van der Waals surface area contributed by atoms with Gasteiger partial charge in [-0.15, -0.1) is 0 Å². The van der Waals surface area contributed by atoms with Crippen molar-refractivity contribution in [2.24, 2.45) is 5.41 Å². The molecular weight excluding hydrogens is 152 g/mol. The van der Waals surface area contributed by atoms with Crippen molar-refractivity contribution in [3.05, 3.63) is 11.1 Å². The summed E-state index contributed by atoms with van der Waals surface area (Å²) in [4.78, 5) is 10.8. The van der Waals surface area contributed by atoms with E-state index < -0.39 is 0 Å². The third kappa shape index (κ3) is 1.58. The van der Waals surface area contributed by atoms with Crippen LogP contribution < -0.4 is 0 Å². The molecular formula is C10H16O2. The van der Waals surface area contributed by atoms with E-state index in [2.05, 4.69) is 0 Å². The van der Waals surface area contributed by atoms with E-state index >= 15 is 0 Å². The maximum atomic E-state index is 10.8. The lowest BCUT2D eigenvalue weighted by Crippen LogP contribution is -2.29. The first-order valence-electron chi connectivity index (χ1n) is 4.31. The van der Waals surface area contributed by atoms with Crippen LogP contribution in [0.25, 0.3) is 0 Å². The van der Waals surface area contributed by atoms with Crippen LogP contribution in [0.15, 0.2) is 11.1 Å². The third-order valence-corrected chi connectivity index (χ3v) is 2.59. The van der Waals surface area contributed by atoms with Gasteiger partial charge in [0.05, 0.1) is 6.10 Å². The lowest BCUT2D eigenvalue weighted by molar-refractivity contribution is -0.106. The number of carbonyl (C=O) groups is 1. The molecule has 0 saturated carbocycles. The molecule has 1 N–H and O–H groups in total. The second kappa shape index (κ2) is 3.02. The second-order valence-corrected chi connectivity index (χ2v) is 4.26. The predicted octanol–water partition coefficient (Wildman–Crippen LogP) is 1.68. The van der Waals surface area contributed by atoms with Gasteiger partial charge in [0.15, 0.2) is 0 Å². The van der Waals surface area contributed by atoms with Gasteiger partial charge in [-0.05, 0) is 30.8 Å². The minimum absolute atomic E-state index is 0.149. The van der Waals surface area contributed by atoms with E-state index in [1.54, 1.807) is 0 Å². The Morgan fingerprint density at radius 1 is 1.58 bits per heavy atom. The van der Waals surface area contributed by atoms with Gasteiger partial charge in [-0.3, -0.25) is 4.79 Å². The molecule has 2 heteroatoms. The zero-order valence-corrected chi connectivity index (χ0v) is 7.92. The Bertz CT molecular complexity index is 226. The lowest BCUT2D eigenvalue weighted by Gasteiger charge is -2.34. The molecule has 0 aromatic carbocycles. The molecule has 1 rings (SSSR count). The molecule has 0 unspecified atom stereocenters. The van der Waals surface area contributed by atoms with Gasteiger partial charge in [0.1, 0.15) is 6.29 Å². The summed E-state index contributed by atoms with van der Waals surface area (Å²) in [7, 11) is 0. The summed E-state index contributed by atoms with van der Waals surface area (Å²) in [6, 6.07) is 0. The van der Waals surface area contributed by atoms with E-state index in [1.165, 1.54) is 0 Å². The number of rotatable bonds is 1. The molecule has 0 aromatic heterocycles. The Hall–Kier alpha value is -0.630. The first kappa shape index (κ1) is 9.46. The molecule has 0 saturated heterocycles. The molecule has 0 radical (unpaired) electrons. The summed E-state index contributed by atoms with van der Waals surface area (Å²) >= 11 is 0. The monoisotopic (exact) mass is 168 g/mol. The van der Waals surface area contributed by atoms with Crippen LogP contribution in [0.4, 0.5) is 0 Å². The highest BCUT2D eigenvalue weighted by molar-refractivity contribution is 5.76. The summed E-state index contributed by atoms with van der Waals surface area (Å²) in [6.07, 6.45) is 2.00. The zero-order valence-electron chi connectivity index (χ0n) is 7.92. The van der Waals surface area contributed by atoms with E-state index in [-0.39, 0.29) is 11.5 Å². The Kier molecular flexibility index (Phi) is 2.38. The molecule has 0 amide bonds. The quantitative estimate of drug-likeness (QED) is 0.605. The van der Waals surface area contributed by atoms with Crippen LogP contribution in [0, 0.1) is 5.41 Å². The van der Waals surface area contributed by atoms with Crippen LogP contribution in [0.3, 0.4) is 0 Å². The van der Waals surface area contributed by atoms with E-state index in [0.717, 1.165) is 17.4 Å². The van der Waals surface area contributed by atoms with E-state index in [4.69, 9.17) is 0 Å². The van der Waals surface area contributed by atoms with Crippen LogP contribution in [0.1, 0.15) is 33.6 Å². The van der Waals surface area contributed by atoms with Gasteiger partial charge >= 0.3 is 0 Å². The highest BCUT2D eigenvalue weighted by Crippen LogP contribution is 2.38. The van der Waals surface area contributed by atoms with Crippen molar-refractivity contribution >= 4 is 6.29 Å². The summed E-state index contributed by atoms with van der Waals surface area (Å²) < 4.78 is 0. The standard InChI is InChI=1S/C10H16O2/c1-7-4-8(12)5-10(2,3)9(7)6-11/h6,8,12H,4-5H2,1-3H3/t8-/m0/s1. The first-order valence-corrected chi connectivity index (χ1v) is 4.31. The predicted molar refractivity (Wildman–Crippen MR) is 47.8 cm³/mol. The highest BCUT2D eigenvalue weighted by Gasteiger charge is 2.32. The number of aldehydes is 1. The van der Waals surface area contributed by atoms with Crippen molar-refractivity contribution in [1.29, 1.82) is 0 Å². The van der Waals surface area contributed by atoms with Crippen LogP contribution in [0.2, 0.25) is 0 Å². The Labute approximate surface area is 73.3 Å². The number of aliphatic hydroxyl groups excluding tert-OH is 1. The van der Waals surface area contributed by atoms with Crippen molar-refractivity contribution in [1.82, 2.24) is 0 Å². The topological polar surface area (TPSA) is 37.3 Å². The van der Waals surface area contributed by atoms with E-state index in [0.29, 0.717) is 12.8 Å². The average molecular weight is 168 g/mol. The van der Waals surface area contributed by atoms with Crippen LogP contribution >= 0.6 is 0 Å². The first-order chi connectivity index (χ1) is 5.47. The smallest absolute Gasteiger partial charge is 0.146 e. The minimum Gasteiger partial charge on any atom is -0.393 e. The number of carbonyl (C=O) groups excluding carboxylic acids is 1. The highest BCUT2D eigenvalue weighted by atomic mass is 16.3. The second-order valence-electron chi connectivity index (χ2n) is 4.26. The van der Waals surface area contributed by atoms with Crippen molar-refractivity contribution in [2.75, 3.05) is 0 Å². The Morgan fingerprint density at radius 3 is 2.58 bits per heavy atom. The van der Waals surface area contributed by atoms with Crippen molar-refractivity contribution in [3.63, 3.8) is 0 Å². The van der Waals surface area contributed by atoms with Crippen LogP contribution in [-0.4, -0.2) is 17.5 Å². The zero-order chi connectivity index (χ0) is 9.35. The van der Waals surface area contributed by atoms with Crippen molar-refractivity contribution < 1.29 is 9.90 Å². The summed E-state index contributed by atoms with van der Waals surface area (Å²) in [6.45, 7) is 5.93. The molecule has 0 heterocycles. The SMILES string of the molecule is CC1=C(C=O)C(C)(C)C[C@@H](O)C1. The van der Waals surface area contributed by atoms with E-state index in [1.807, 2.05) is 20.8 Å². The van der Waals surface area contributed by atoms with Gasteiger partial charge in [0.25, 0.3) is 0 Å². The number of allylic oxidation sites excluding steroid dienone is 1. The fourth-order valence-corrected chi connectivity index (χ4v) is 2.07. The molecule has 12 heavy (non-hydrogen) atoms. The van der Waals surface area contributed by atoms with Crippen molar-refractivity contribution in [3.8, 4) is 0 Å². The van der Waals surface area contributed by atoms with Gasteiger partial charge in [0.2, 0.25) is 0 Å². The summed E-state index contributed by atoms with van der Waals surface area (Å²) in [5.74, 6) is 0. The molecule has 0 aromatic rings.